The molecule has 1 rings (SSSR count). The van der Waals surface area contributed by atoms with Gasteiger partial charge in [-0.15, -0.1) is 0 Å². The van der Waals surface area contributed by atoms with Crippen molar-refractivity contribution in [3.8, 4) is 0 Å². The lowest BCUT2D eigenvalue weighted by atomic mass is 10.1. The third-order valence-corrected chi connectivity index (χ3v) is 5.45. The number of rotatable bonds is 8. The van der Waals surface area contributed by atoms with Gasteiger partial charge in [0.1, 0.15) is 0 Å². The van der Waals surface area contributed by atoms with E-state index in [0.29, 0.717) is 11.4 Å². The van der Waals surface area contributed by atoms with Crippen molar-refractivity contribution in [2.45, 2.75) is 64.4 Å². The molecule has 0 amide bonds. The van der Waals surface area contributed by atoms with E-state index in [1.54, 1.807) is 6.07 Å². The maximum atomic E-state index is 12.7. The minimum atomic E-state index is -3.47. The van der Waals surface area contributed by atoms with E-state index >= 15 is 0 Å². The van der Waals surface area contributed by atoms with Crippen molar-refractivity contribution in [3.63, 3.8) is 0 Å². The van der Waals surface area contributed by atoms with Gasteiger partial charge >= 0.3 is 0 Å². The second-order valence-electron chi connectivity index (χ2n) is 5.58. The highest BCUT2D eigenvalue weighted by Crippen LogP contribution is 2.22. The molecule has 0 aliphatic rings. The van der Waals surface area contributed by atoms with Gasteiger partial charge in [-0.1, -0.05) is 26.3 Å². The largest absolute Gasteiger partial charge is 0.316 e. The van der Waals surface area contributed by atoms with E-state index in [2.05, 4.69) is 17.0 Å². The van der Waals surface area contributed by atoms with Crippen LogP contribution in [-0.4, -0.2) is 21.5 Å². The van der Waals surface area contributed by atoms with Gasteiger partial charge < -0.3 is 5.32 Å². The van der Waals surface area contributed by atoms with Gasteiger partial charge in [-0.3, -0.25) is 0 Å². The molecule has 1 unspecified atom stereocenters. The van der Waals surface area contributed by atoms with Crippen LogP contribution in [0.5, 0.6) is 0 Å². The molecule has 120 valence electrons. The van der Waals surface area contributed by atoms with Crippen LogP contribution in [0.2, 0.25) is 0 Å². The Morgan fingerprint density at radius 3 is 2.38 bits per heavy atom. The van der Waals surface area contributed by atoms with E-state index in [-0.39, 0.29) is 6.04 Å². The molecule has 1 atom stereocenters. The van der Waals surface area contributed by atoms with Crippen molar-refractivity contribution in [2.75, 3.05) is 7.05 Å². The molecule has 1 aromatic rings. The normalized spacial score (nSPS) is 13.4. The Hall–Kier alpha value is -0.910. The molecule has 21 heavy (non-hydrogen) atoms. The number of aryl methyl sites for hydroxylation is 1. The van der Waals surface area contributed by atoms with Gasteiger partial charge in [0.15, 0.2) is 0 Å². The SMILES string of the molecule is CCCC(CC)NS(=O)(=O)c1cc(CNC)cc(C)c1C. The number of benzene rings is 1. The van der Waals surface area contributed by atoms with Crippen LogP contribution >= 0.6 is 0 Å². The Morgan fingerprint density at radius 2 is 1.86 bits per heavy atom. The van der Waals surface area contributed by atoms with Gasteiger partial charge in [0, 0.05) is 12.6 Å². The topological polar surface area (TPSA) is 58.2 Å². The summed E-state index contributed by atoms with van der Waals surface area (Å²) >= 11 is 0. The molecule has 0 aromatic heterocycles. The minimum absolute atomic E-state index is 0.00709. The van der Waals surface area contributed by atoms with Crippen molar-refractivity contribution in [3.05, 3.63) is 28.8 Å². The first-order valence-electron chi connectivity index (χ1n) is 7.62. The standard InChI is InChI=1S/C16H28N2O2S/c1-6-8-15(7-2)18-21(19,20)16-10-14(11-17-5)9-12(3)13(16)4/h9-10,15,17-18H,6-8,11H2,1-5H3. The number of nitrogens with one attached hydrogen (secondary N) is 2. The molecule has 0 saturated carbocycles. The highest BCUT2D eigenvalue weighted by atomic mass is 32.2. The van der Waals surface area contributed by atoms with Gasteiger partial charge in [0.05, 0.1) is 4.90 Å². The fourth-order valence-corrected chi connectivity index (χ4v) is 4.18. The molecule has 0 radical (unpaired) electrons. The second-order valence-corrected chi connectivity index (χ2v) is 7.26. The van der Waals surface area contributed by atoms with Crippen LogP contribution in [0, 0.1) is 13.8 Å². The van der Waals surface area contributed by atoms with Crippen LogP contribution in [0.4, 0.5) is 0 Å². The molecule has 5 heteroatoms. The fourth-order valence-electron chi connectivity index (χ4n) is 2.46. The average molecular weight is 312 g/mol. The Kier molecular flexibility index (Phi) is 6.84. The first-order chi connectivity index (χ1) is 9.85. The maximum absolute atomic E-state index is 12.7. The Bertz CT molecular complexity index is 568. The van der Waals surface area contributed by atoms with Gasteiger partial charge in [-0.2, -0.15) is 0 Å². The lowest BCUT2D eigenvalue weighted by Gasteiger charge is -2.19. The van der Waals surface area contributed by atoms with Crippen molar-refractivity contribution in [2.24, 2.45) is 0 Å². The van der Waals surface area contributed by atoms with Gasteiger partial charge in [-0.25, -0.2) is 13.1 Å². The molecule has 0 spiro atoms. The minimum Gasteiger partial charge on any atom is -0.316 e. The van der Waals surface area contributed by atoms with Gasteiger partial charge in [-0.05, 0) is 56.5 Å². The highest BCUT2D eigenvalue weighted by molar-refractivity contribution is 7.89. The van der Waals surface area contributed by atoms with Crippen molar-refractivity contribution < 1.29 is 8.42 Å². The van der Waals surface area contributed by atoms with E-state index in [4.69, 9.17) is 0 Å². The van der Waals surface area contributed by atoms with Crippen LogP contribution in [0.3, 0.4) is 0 Å². The summed E-state index contributed by atoms with van der Waals surface area (Å²) < 4.78 is 28.2. The maximum Gasteiger partial charge on any atom is 0.241 e. The number of hydrogen-bond acceptors (Lipinski definition) is 3. The molecule has 2 N–H and O–H groups in total. The quantitative estimate of drug-likeness (QED) is 0.776. The summed E-state index contributed by atoms with van der Waals surface area (Å²) in [6.07, 6.45) is 2.64. The number of sulfonamides is 1. The van der Waals surface area contributed by atoms with Crippen LogP contribution in [0.25, 0.3) is 0 Å². The molecule has 0 aliphatic carbocycles. The first kappa shape index (κ1) is 18.1. The third-order valence-electron chi connectivity index (χ3n) is 3.80. The lowest BCUT2D eigenvalue weighted by molar-refractivity contribution is 0.512. The van der Waals surface area contributed by atoms with Crippen LogP contribution in [0.1, 0.15) is 49.8 Å². The van der Waals surface area contributed by atoms with Crippen LogP contribution < -0.4 is 10.0 Å². The monoisotopic (exact) mass is 312 g/mol. The zero-order valence-electron chi connectivity index (χ0n) is 13.8. The summed E-state index contributed by atoms with van der Waals surface area (Å²) in [6, 6.07) is 3.82. The summed E-state index contributed by atoms with van der Waals surface area (Å²) in [4.78, 5) is 0.405. The van der Waals surface area contributed by atoms with Crippen molar-refractivity contribution >= 4 is 10.0 Å². The molecule has 0 heterocycles. The van der Waals surface area contributed by atoms with Crippen LogP contribution in [0.15, 0.2) is 17.0 Å². The Morgan fingerprint density at radius 1 is 1.19 bits per heavy atom. The predicted molar refractivity (Wildman–Crippen MR) is 88.0 cm³/mol. The van der Waals surface area contributed by atoms with Crippen LogP contribution in [-0.2, 0) is 16.6 Å². The van der Waals surface area contributed by atoms with E-state index in [1.807, 2.05) is 33.9 Å². The Balaban J connectivity index is 3.17. The molecule has 0 bridgehead atoms. The Labute approximate surface area is 129 Å². The number of hydrogen-bond donors (Lipinski definition) is 2. The smallest absolute Gasteiger partial charge is 0.241 e. The van der Waals surface area contributed by atoms with E-state index in [0.717, 1.165) is 36.0 Å². The first-order valence-corrected chi connectivity index (χ1v) is 9.11. The molecule has 0 aliphatic heterocycles. The van der Waals surface area contributed by atoms with E-state index < -0.39 is 10.0 Å². The summed E-state index contributed by atoms with van der Waals surface area (Å²) in [6.45, 7) is 8.57. The molecule has 0 fully saturated rings. The summed E-state index contributed by atoms with van der Waals surface area (Å²) in [7, 11) is -1.61. The lowest BCUT2D eigenvalue weighted by Crippen LogP contribution is -2.34. The van der Waals surface area contributed by atoms with Crippen molar-refractivity contribution in [1.82, 2.24) is 10.0 Å². The molecule has 0 saturated heterocycles. The highest BCUT2D eigenvalue weighted by Gasteiger charge is 2.22. The van der Waals surface area contributed by atoms with E-state index in [1.165, 1.54) is 0 Å². The summed E-state index contributed by atoms with van der Waals surface area (Å²) in [5.74, 6) is 0. The molecular weight excluding hydrogens is 284 g/mol. The average Bonchev–Trinajstić information content (AvgIpc) is 2.42. The third kappa shape index (κ3) is 4.80. The predicted octanol–water partition coefficient (Wildman–Crippen LogP) is 2.88. The summed E-state index contributed by atoms with van der Waals surface area (Å²) in [5.41, 5.74) is 2.82. The van der Waals surface area contributed by atoms with Gasteiger partial charge in [0.25, 0.3) is 0 Å². The van der Waals surface area contributed by atoms with E-state index in [9.17, 15) is 8.42 Å². The zero-order valence-corrected chi connectivity index (χ0v) is 14.6. The van der Waals surface area contributed by atoms with Gasteiger partial charge in [0.2, 0.25) is 10.0 Å². The summed E-state index contributed by atoms with van der Waals surface area (Å²) in [5, 5.41) is 3.07. The molecule has 1 aromatic carbocycles. The fraction of sp³-hybridized carbons (Fsp3) is 0.625. The molecule has 4 nitrogen and oxygen atoms in total. The zero-order chi connectivity index (χ0) is 16.0. The molecular formula is C16H28N2O2S. The second kappa shape index (κ2) is 7.92. The van der Waals surface area contributed by atoms with Crippen molar-refractivity contribution in [1.29, 1.82) is 0 Å².